The number of fused-ring (bicyclic) bond motifs is 2. The molecule has 2 aliphatic rings. The molecule has 1 saturated carbocycles. The Bertz CT molecular complexity index is 349. The van der Waals surface area contributed by atoms with Gasteiger partial charge in [0.15, 0.2) is 0 Å². The van der Waals surface area contributed by atoms with Crippen molar-refractivity contribution in [3.05, 3.63) is 30.3 Å². The zero-order valence-corrected chi connectivity index (χ0v) is 9.68. The topological polar surface area (TPSA) is 29.3 Å². The van der Waals surface area contributed by atoms with Gasteiger partial charge in [-0.3, -0.25) is 0 Å². The first kappa shape index (κ1) is 10.2. The van der Waals surface area contributed by atoms with Crippen LogP contribution in [0.4, 0.5) is 5.69 Å². The van der Waals surface area contributed by atoms with Gasteiger partial charge in [0, 0.05) is 18.3 Å². The number of benzene rings is 1. The summed E-state index contributed by atoms with van der Waals surface area (Å²) in [6.07, 6.45) is 4.01. The largest absolute Gasteiger partial charge is 0.368 e. The molecule has 2 fully saturated rings. The molecule has 1 aliphatic heterocycles. The lowest BCUT2D eigenvalue weighted by Gasteiger charge is -2.28. The van der Waals surface area contributed by atoms with Crippen LogP contribution in [0.25, 0.3) is 0 Å². The quantitative estimate of drug-likeness (QED) is 0.821. The molecule has 0 aromatic heterocycles. The average molecular weight is 216 g/mol. The Balaban J connectivity index is 1.80. The second-order valence-corrected chi connectivity index (χ2v) is 5.21. The van der Waals surface area contributed by atoms with Crippen molar-refractivity contribution in [1.29, 1.82) is 0 Å². The smallest absolute Gasteiger partial charge is 0.0368 e. The minimum Gasteiger partial charge on any atom is -0.368 e. The molecule has 2 heteroatoms. The van der Waals surface area contributed by atoms with Gasteiger partial charge in [0.05, 0.1) is 0 Å². The van der Waals surface area contributed by atoms with E-state index in [9.17, 15) is 0 Å². The lowest BCUT2D eigenvalue weighted by Crippen LogP contribution is -2.29. The van der Waals surface area contributed by atoms with Gasteiger partial charge in [-0.2, -0.15) is 0 Å². The fraction of sp³-hybridized carbons (Fsp3) is 0.571. The van der Waals surface area contributed by atoms with Crippen molar-refractivity contribution in [3.8, 4) is 0 Å². The van der Waals surface area contributed by atoms with Crippen LogP contribution in [0.3, 0.4) is 0 Å². The monoisotopic (exact) mass is 216 g/mol. The lowest BCUT2D eigenvalue weighted by molar-refractivity contribution is 0.287. The third kappa shape index (κ3) is 1.61. The molecular weight excluding hydrogens is 196 g/mol. The fourth-order valence-electron chi connectivity index (χ4n) is 3.46. The highest BCUT2D eigenvalue weighted by Gasteiger charge is 2.39. The highest BCUT2D eigenvalue weighted by atomic mass is 15.2. The van der Waals surface area contributed by atoms with E-state index in [1.165, 1.54) is 31.5 Å². The van der Waals surface area contributed by atoms with E-state index in [0.29, 0.717) is 0 Å². The second kappa shape index (κ2) is 4.10. The van der Waals surface area contributed by atoms with Gasteiger partial charge in [0.2, 0.25) is 0 Å². The van der Waals surface area contributed by atoms with Gasteiger partial charge in [-0.1, -0.05) is 18.2 Å². The van der Waals surface area contributed by atoms with E-state index in [4.69, 9.17) is 5.73 Å². The van der Waals surface area contributed by atoms with E-state index in [1.807, 2.05) is 0 Å². The summed E-state index contributed by atoms with van der Waals surface area (Å²) in [7, 11) is 0. The second-order valence-electron chi connectivity index (χ2n) is 5.21. The highest BCUT2D eigenvalue weighted by Crippen LogP contribution is 2.41. The van der Waals surface area contributed by atoms with Crippen LogP contribution in [0.1, 0.15) is 19.3 Å². The summed E-state index contributed by atoms with van der Waals surface area (Å²) in [5.74, 6) is 1.61. The first-order valence-electron chi connectivity index (χ1n) is 6.40. The van der Waals surface area contributed by atoms with Gasteiger partial charge < -0.3 is 10.6 Å². The van der Waals surface area contributed by atoms with E-state index in [0.717, 1.165) is 24.4 Å². The molecule has 1 aromatic rings. The molecule has 0 radical (unpaired) electrons. The summed E-state index contributed by atoms with van der Waals surface area (Å²) >= 11 is 0. The van der Waals surface area contributed by atoms with Gasteiger partial charge in [0.25, 0.3) is 0 Å². The number of rotatable bonds is 2. The molecule has 16 heavy (non-hydrogen) atoms. The Morgan fingerprint density at radius 1 is 1.19 bits per heavy atom. The Morgan fingerprint density at radius 3 is 2.75 bits per heavy atom. The van der Waals surface area contributed by atoms with Crippen molar-refractivity contribution in [3.63, 3.8) is 0 Å². The summed E-state index contributed by atoms with van der Waals surface area (Å²) in [6, 6.07) is 11.6. The summed E-state index contributed by atoms with van der Waals surface area (Å²) < 4.78 is 0. The van der Waals surface area contributed by atoms with Gasteiger partial charge in [-0.25, -0.2) is 0 Å². The van der Waals surface area contributed by atoms with E-state index >= 15 is 0 Å². The molecule has 0 spiro atoms. The average Bonchev–Trinajstić information content (AvgIpc) is 2.69. The molecule has 86 valence electrons. The summed E-state index contributed by atoms with van der Waals surface area (Å²) in [4.78, 5) is 2.60. The third-order valence-corrected chi connectivity index (χ3v) is 4.37. The van der Waals surface area contributed by atoms with Crippen LogP contribution in [0.5, 0.6) is 0 Å². The van der Waals surface area contributed by atoms with E-state index in [2.05, 4.69) is 35.2 Å². The lowest BCUT2D eigenvalue weighted by atomic mass is 9.80. The van der Waals surface area contributed by atoms with Crippen LogP contribution in [-0.2, 0) is 0 Å². The molecule has 0 amide bonds. The molecule has 1 heterocycles. The van der Waals surface area contributed by atoms with Crippen LogP contribution in [0.15, 0.2) is 30.3 Å². The summed E-state index contributed by atoms with van der Waals surface area (Å²) in [5.41, 5.74) is 7.25. The molecule has 1 aromatic carbocycles. The maximum absolute atomic E-state index is 5.85. The minimum absolute atomic E-state index is 0.768. The van der Waals surface area contributed by atoms with Crippen LogP contribution in [0, 0.1) is 11.8 Å². The van der Waals surface area contributed by atoms with Crippen LogP contribution in [0.2, 0.25) is 0 Å². The van der Waals surface area contributed by atoms with E-state index < -0.39 is 0 Å². The van der Waals surface area contributed by atoms with E-state index in [-0.39, 0.29) is 0 Å². The summed E-state index contributed by atoms with van der Waals surface area (Å²) in [5, 5.41) is 0. The number of nitrogens with zero attached hydrogens (tertiary/aromatic N) is 1. The van der Waals surface area contributed by atoms with Crippen molar-refractivity contribution in [2.75, 3.05) is 18.0 Å². The molecular formula is C14H20N2. The minimum atomic E-state index is 0.768. The van der Waals surface area contributed by atoms with Crippen molar-refractivity contribution < 1.29 is 0 Å². The Morgan fingerprint density at radius 2 is 2.00 bits per heavy atom. The Labute approximate surface area is 97.4 Å². The SMILES string of the molecule is NCC1CCC2CC1CN2c1ccccc1. The summed E-state index contributed by atoms with van der Waals surface area (Å²) in [6.45, 7) is 2.09. The van der Waals surface area contributed by atoms with Gasteiger partial charge >= 0.3 is 0 Å². The zero-order valence-electron chi connectivity index (χ0n) is 9.68. The van der Waals surface area contributed by atoms with E-state index in [1.54, 1.807) is 0 Å². The van der Waals surface area contributed by atoms with Crippen molar-refractivity contribution in [2.24, 2.45) is 17.6 Å². The molecule has 1 saturated heterocycles. The molecule has 3 rings (SSSR count). The molecule has 3 atom stereocenters. The van der Waals surface area contributed by atoms with Crippen molar-refractivity contribution in [1.82, 2.24) is 0 Å². The van der Waals surface area contributed by atoms with Crippen LogP contribution >= 0.6 is 0 Å². The predicted molar refractivity (Wildman–Crippen MR) is 67.5 cm³/mol. The maximum atomic E-state index is 5.85. The Kier molecular flexibility index (Phi) is 2.60. The number of para-hydroxylation sites is 1. The van der Waals surface area contributed by atoms with Crippen LogP contribution in [-0.4, -0.2) is 19.1 Å². The maximum Gasteiger partial charge on any atom is 0.0368 e. The first-order valence-corrected chi connectivity index (χ1v) is 6.40. The molecule has 2 N–H and O–H groups in total. The van der Waals surface area contributed by atoms with Gasteiger partial charge in [0.1, 0.15) is 0 Å². The van der Waals surface area contributed by atoms with Crippen molar-refractivity contribution in [2.45, 2.75) is 25.3 Å². The van der Waals surface area contributed by atoms with Crippen LogP contribution < -0.4 is 10.6 Å². The number of hydrogen-bond acceptors (Lipinski definition) is 2. The first-order chi connectivity index (χ1) is 7.88. The predicted octanol–water partition coefficient (Wildman–Crippen LogP) is 2.25. The fourth-order valence-corrected chi connectivity index (χ4v) is 3.46. The van der Waals surface area contributed by atoms with Crippen molar-refractivity contribution >= 4 is 5.69 Å². The molecule has 2 nitrogen and oxygen atoms in total. The Hall–Kier alpha value is -1.02. The standard InChI is InChI=1S/C14H20N2/c15-9-11-6-7-14-8-12(11)10-16(14)13-4-2-1-3-5-13/h1-5,11-12,14H,6-10,15H2. The zero-order chi connectivity index (χ0) is 11.0. The highest BCUT2D eigenvalue weighted by molar-refractivity contribution is 5.48. The number of nitrogens with two attached hydrogens (primary N) is 1. The van der Waals surface area contributed by atoms with Gasteiger partial charge in [-0.05, 0) is 49.8 Å². The third-order valence-electron chi connectivity index (χ3n) is 4.37. The molecule has 1 aliphatic carbocycles. The number of anilines is 1. The number of hydrogen-bond donors (Lipinski definition) is 1. The molecule has 3 unspecified atom stereocenters. The van der Waals surface area contributed by atoms with Gasteiger partial charge in [-0.15, -0.1) is 0 Å². The molecule has 2 bridgehead atoms. The normalized spacial score (nSPS) is 33.1.